The molecule has 116 valence electrons. The van der Waals surface area contributed by atoms with Crippen molar-refractivity contribution in [3.8, 4) is 0 Å². The van der Waals surface area contributed by atoms with Gasteiger partial charge in [0.1, 0.15) is 0 Å². The second-order valence-corrected chi connectivity index (χ2v) is 6.96. The zero-order valence-electron chi connectivity index (χ0n) is 11.8. The number of rotatable bonds is 8. The summed E-state index contributed by atoms with van der Waals surface area (Å²) in [5.74, 6) is -0.0102. The van der Waals surface area contributed by atoms with Crippen LogP contribution in [0.4, 0.5) is 0 Å². The summed E-state index contributed by atoms with van der Waals surface area (Å²) in [5, 5.41) is 2.87. The molecule has 0 aromatic heterocycles. The molecule has 4 N–H and O–H groups in total. The van der Waals surface area contributed by atoms with Crippen molar-refractivity contribution in [3.05, 3.63) is 29.8 Å². The maximum Gasteiger partial charge on any atom is 0.240 e. The van der Waals surface area contributed by atoms with Crippen LogP contribution >= 0.6 is 0 Å². The molecule has 21 heavy (non-hydrogen) atoms. The Morgan fingerprint density at radius 3 is 2.48 bits per heavy atom. The van der Waals surface area contributed by atoms with Crippen molar-refractivity contribution in [3.63, 3.8) is 0 Å². The lowest BCUT2D eigenvalue weighted by Gasteiger charge is -2.07. The van der Waals surface area contributed by atoms with Gasteiger partial charge < -0.3 is 11.1 Å². The second-order valence-electron chi connectivity index (χ2n) is 5.19. The molecule has 0 unspecified atom stereocenters. The first kappa shape index (κ1) is 15.9. The Labute approximate surface area is 125 Å². The maximum atomic E-state index is 12.0. The molecular weight excluding hydrogens is 290 g/mol. The first-order valence-electron chi connectivity index (χ1n) is 7.09. The van der Waals surface area contributed by atoms with Gasteiger partial charge in [-0.15, -0.1) is 0 Å². The van der Waals surface area contributed by atoms with E-state index >= 15 is 0 Å². The fraction of sp³-hybridized carbons (Fsp3) is 0.500. The van der Waals surface area contributed by atoms with Crippen LogP contribution in [0.3, 0.4) is 0 Å². The minimum atomic E-state index is -3.52. The molecule has 1 saturated carbocycles. The van der Waals surface area contributed by atoms with Crippen molar-refractivity contribution < 1.29 is 13.2 Å². The Balaban J connectivity index is 1.76. The van der Waals surface area contributed by atoms with Crippen LogP contribution in [-0.2, 0) is 21.4 Å². The van der Waals surface area contributed by atoms with Crippen molar-refractivity contribution in [1.82, 2.24) is 10.0 Å². The minimum Gasteiger partial charge on any atom is -0.353 e. The fourth-order valence-corrected chi connectivity index (χ4v) is 2.95. The molecular formula is C14H21N3O3S. The van der Waals surface area contributed by atoms with Crippen molar-refractivity contribution in [1.29, 1.82) is 0 Å². The van der Waals surface area contributed by atoms with Crippen LogP contribution < -0.4 is 15.8 Å². The summed E-state index contributed by atoms with van der Waals surface area (Å²) in [4.78, 5) is 11.7. The highest BCUT2D eigenvalue weighted by Crippen LogP contribution is 2.18. The molecule has 6 nitrogen and oxygen atoms in total. The predicted molar refractivity (Wildman–Crippen MR) is 79.9 cm³/mol. The summed E-state index contributed by atoms with van der Waals surface area (Å²) in [5.41, 5.74) is 6.35. The largest absolute Gasteiger partial charge is 0.353 e. The smallest absolute Gasteiger partial charge is 0.240 e. The van der Waals surface area contributed by atoms with Crippen LogP contribution in [0.5, 0.6) is 0 Å². The molecule has 1 aliphatic carbocycles. The molecule has 0 saturated heterocycles. The molecule has 2 rings (SSSR count). The number of carbonyl (C=O) groups excluding carboxylic acids is 1. The lowest BCUT2D eigenvalue weighted by Crippen LogP contribution is -2.28. The Morgan fingerprint density at radius 2 is 1.90 bits per heavy atom. The lowest BCUT2D eigenvalue weighted by molar-refractivity contribution is -0.121. The topological polar surface area (TPSA) is 101 Å². The average Bonchev–Trinajstić information content (AvgIpc) is 3.27. The van der Waals surface area contributed by atoms with E-state index < -0.39 is 10.0 Å². The molecule has 0 spiro atoms. The van der Waals surface area contributed by atoms with E-state index in [1.54, 1.807) is 12.1 Å². The Bertz CT molecular complexity index is 580. The number of amides is 1. The van der Waals surface area contributed by atoms with Gasteiger partial charge in [0.2, 0.25) is 15.9 Å². The van der Waals surface area contributed by atoms with Gasteiger partial charge in [0.05, 0.1) is 4.90 Å². The van der Waals surface area contributed by atoms with E-state index in [0.717, 1.165) is 18.4 Å². The Kier molecular flexibility index (Phi) is 5.33. The summed E-state index contributed by atoms with van der Waals surface area (Å²) in [6, 6.07) is 6.79. The molecule has 0 heterocycles. The van der Waals surface area contributed by atoms with Crippen molar-refractivity contribution >= 4 is 15.9 Å². The van der Waals surface area contributed by atoms with Gasteiger partial charge in [0, 0.05) is 25.6 Å². The van der Waals surface area contributed by atoms with E-state index in [-0.39, 0.29) is 17.3 Å². The summed E-state index contributed by atoms with van der Waals surface area (Å²) < 4.78 is 26.5. The van der Waals surface area contributed by atoms with Gasteiger partial charge in [-0.2, -0.15) is 0 Å². The minimum absolute atomic E-state index is 0.0102. The second kappa shape index (κ2) is 7.02. The van der Waals surface area contributed by atoms with E-state index in [0.29, 0.717) is 25.4 Å². The third-order valence-electron chi connectivity index (χ3n) is 3.28. The van der Waals surface area contributed by atoms with E-state index in [1.807, 2.05) is 0 Å². The molecule has 1 aromatic rings. The monoisotopic (exact) mass is 311 g/mol. The number of benzene rings is 1. The summed E-state index contributed by atoms with van der Waals surface area (Å²) in [6.07, 6.45) is 2.93. The third-order valence-corrected chi connectivity index (χ3v) is 4.76. The van der Waals surface area contributed by atoms with E-state index in [1.165, 1.54) is 12.1 Å². The number of hydrogen-bond donors (Lipinski definition) is 3. The number of sulfonamides is 1. The molecule has 0 radical (unpaired) electrons. The van der Waals surface area contributed by atoms with Crippen LogP contribution in [0.25, 0.3) is 0 Å². The first-order valence-corrected chi connectivity index (χ1v) is 8.57. The van der Waals surface area contributed by atoms with Gasteiger partial charge >= 0.3 is 0 Å². The van der Waals surface area contributed by atoms with Crippen LogP contribution in [0, 0.1) is 0 Å². The molecule has 0 atom stereocenters. The number of nitrogens with one attached hydrogen (secondary N) is 2. The fourth-order valence-electron chi connectivity index (χ4n) is 1.87. The first-order chi connectivity index (χ1) is 10.0. The molecule has 0 aliphatic heterocycles. The van der Waals surface area contributed by atoms with Gasteiger partial charge in [-0.05, 0) is 37.0 Å². The summed E-state index contributed by atoms with van der Waals surface area (Å²) >= 11 is 0. The predicted octanol–water partition coefficient (Wildman–Crippen LogP) is 0.482. The van der Waals surface area contributed by atoms with Crippen LogP contribution in [0.2, 0.25) is 0 Å². The molecule has 7 heteroatoms. The van der Waals surface area contributed by atoms with Crippen molar-refractivity contribution in [2.45, 2.75) is 43.2 Å². The zero-order valence-corrected chi connectivity index (χ0v) is 12.7. The van der Waals surface area contributed by atoms with Gasteiger partial charge in [0.15, 0.2) is 0 Å². The molecule has 1 amide bonds. The van der Waals surface area contributed by atoms with Gasteiger partial charge in [-0.25, -0.2) is 13.1 Å². The molecule has 1 aliphatic rings. The summed E-state index contributed by atoms with van der Waals surface area (Å²) in [6.45, 7) is 0.628. The quantitative estimate of drug-likeness (QED) is 0.608. The van der Waals surface area contributed by atoms with Crippen LogP contribution in [0.15, 0.2) is 29.2 Å². The average molecular weight is 311 g/mol. The Morgan fingerprint density at radius 1 is 1.24 bits per heavy atom. The van der Waals surface area contributed by atoms with E-state index in [4.69, 9.17) is 5.73 Å². The van der Waals surface area contributed by atoms with Crippen LogP contribution in [0.1, 0.15) is 31.2 Å². The van der Waals surface area contributed by atoms with E-state index in [9.17, 15) is 13.2 Å². The van der Waals surface area contributed by atoms with Crippen LogP contribution in [-0.4, -0.2) is 26.9 Å². The number of carbonyl (C=O) groups is 1. The van der Waals surface area contributed by atoms with Crippen molar-refractivity contribution in [2.24, 2.45) is 5.73 Å². The molecule has 1 fully saturated rings. The van der Waals surface area contributed by atoms with Crippen molar-refractivity contribution in [2.75, 3.05) is 6.54 Å². The number of nitrogens with two attached hydrogens (primary N) is 1. The normalized spacial score (nSPS) is 14.9. The van der Waals surface area contributed by atoms with E-state index in [2.05, 4.69) is 10.0 Å². The highest BCUT2D eigenvalue weighted by atomic mass is 32.2. The third kappa shape index (κ3) is 5.11. The highest BCUT2D eigenvalue weighted by Gasteiger charge is 2.22. The van der Waals surface area contributed by atoms with Gasteiger partial charge in [-0.3, -0.25) is 4.79 Å². The Hall–Kier alpha value is -1.44. The maximum absolute atomic E-state index is 12.0. The van der Waals surface area contributed by atoms with Gasteiger partial charge in [-0.1, -0.05) is 12.1 Å². The lowest BCUT2D eigenvalue weighted by atomic mass is 10.2. The highest BCUT2D eigenvalue weighted by molar-refractivity contribution is 7.89. The molecule has 0 bridgehead atoms. The summed E-state index contributed by atoms with van der Waals surface area (Å²) in [7, 11) is -3.52. The SMILES string of the molecule is NCc1ccc(S(=O)(=O)NCCCC(=O)NC2CC2)cc1. The number of hydrogen-bond acceptors (Lipinski definition) is 4. The molecule has 1 aromatic carbocycles. The van der Waals surface area contributed by atoms with Gasteiger partial charge in [0.25, 0.3) is 0 Å². The standard InChI is InChI=1S/C14H21N3O3S/c15-10-11-3-7-13(8-4-11)21(19,20)16-9-1-2-14(18)17-12-5-6-12/h3-4,7-8,12,16H,1-2,5-6,9-10,15H2,(H,17,18). The zero-order chi connectivity index (χ0) is 15.3.